The molecule has 0 unspecified atom stereocenters. The van der Waals surface area contributed by atoms with Crippen molar-refractivity contribution in [2.75, 3.05) is 67.0 Å². The number of nitrogens with zero attached hydrogens (tertiary/aromatic N) is 4. The second-order valence-electron chi connectivity index (χ2n) is 7.98. The van der Waals surface area contributed by atoms with Crippen molar-refractivity contribution < 1.29 is 4.79 Å². The molecule has 0 radical (unpaired) electrons. The average molecular weight is 372 g/mol. The van der Waals surface area contributed by atoms with E-state index in [4.69, 9.17) is 0 Å². The van der Waals surface area contributed by atoms with Crippen LogP contribution in [-0.2, 0) is 6.42 Å². The van der Waals surface area contributed by atoms with Crippen molar-refractivity contribution in [3.63, 3.8) is 0 Å². The summed E-state index contributed by atoms with van der Waals surface area (Å²) in [6.45, 7) is 9.02. The summed E-state index contributed by atoms with van der Waals surface area (Å²) in [7, 11) is 6.32. The summed E-state index contributed by atoms with van der Waals surface area (Å²) in [6, 6.07) is 6.29. The maximum absolute atomic E-state index is 12.8. The molecule has 1 aromatic carbocycles. The summed E-state index contributed by atoms with van der Waals surface area (Å²) in [4.78, 5) is 19.7. The maximum Gasteiger partial charge on any atom is 0.326 e. The molecule has 0 spiro atoms. The first-order chi connectivity index (χ1) is 12.9. The minimum Gasteiger partial charge on any atom is -0.336 e. The number of benzene rings is 1. The zero-order chi connectivity index (χ0) is 19.4. The lowest BCUT2D eigenvalue weighted by Crippen LogP contribution is -2.47. The van der Waals surface area contributed by atoms with Gasteiger partial charge in [0.1, 0.15) is 0 Å². The van der Waals surface area contributed by atoms with Crippen molar-refractivity contribution in [2.45, 2.75) is 13.3 Å². The van der Waals surface area contributed by atoms with Gasteiger partial charge in [-0.15, -0.1) is 0 Å². The highest BCUT2D eigenvalue weighted by molar-refractivity contribution is 5.94. The highest BCUT2D eigenvalue weighted by Crippen LogP contribution is 2.23. The Morgan fingerprint density at radius 2 is 1.93 bits per heavy atom. The molecule has 27 heavy (non-hydrogen) atoms. The Kier molecular flexibility index (Phi) is 6.52. The van der Waals surface area contributed by atoms with Crippen LogP contribution in [0.2, 0.25) is 0 Å². The normalized spacial score (nSPS) is 16.3. The van der Waals surface area contributed by atoms with Gasteiger partial charge in [-0.2, -0.15) is 0 Å². The van der Waals surface area contributed by atoms with Gasteiger partial charge < -0.3 is 15.1 Å². The molecule has 0 saturated carbocycles. The SMILES string of the molecule is Cc1ccc2c(c1)c(CCN(C)C)cn2C(=O)NCCN1CCN(C)CC1. The number of fused-ring (bicyclic) bond motifs is 1. The van der Waals surface area contributed by atoms with Crippen LogP contribution < -0.4 is 5.32 Å². The number of nitrogens with one attached hydrogen (secondary N) is 1. The van der Waals surface area contributed by atoms with Gasteiger partial charge in [0.05, 0.1) is 5.52 Å². The minimum atomic E-state index is -0.0333. The van der Waals surface area contributed by atoms with Crippen LogP contribution in [0.4, 0.5) is 4.79 Å². The van der Waals surface area contributed by atoms with E-state index >= 15 is 0 Å². The van der Waals surface area contributed by atoms with Gasteiger partial charge in [-0.1, -0.05) is 11.6 Å². The van der Waals surface area contributed by atoms with Gasteiger partial charge in [-0.05, 0) is 52.2 Å². The van der Waals surface area contributed by atoms with Gasteiger partial charge >= 0.3 is 6.03 Å². The Balaban J connectivity index is 1.66. The number of aryl methyl sites for hydroxylation is 1. The summed E-state index contributed by atoms with van der Waals surface area (Å²) in [5.74, 6) is 0. The van der Waals surface area contributed by atoms with Crippen LogP contribution in [-0.4, -0.2) is 92.3 Å². The van der Waals surface area contributed by atoms with Crippen molar-refractivity contribution in [1.82, 2.24) is 24.6 Å². The highest BCUT2D eigenvalue weighted by atomic mass is 16.2. The Hall–Kier alpha value is -1.89. The first-order valence-electron chi connectivity index (χ1n) is 9.88. The topological polar surface area (TPSA) is 43.8 Å². The minimum absolute atomic E-state index is 0.0333. The monoisotopic (exact) mass is 371 g/mol. The molecule has 1 fully saturated rings. The number of rotatable bonds is 6. The summed E-state index contributed by atoms with van der Waals surface area (Å²) in [6.07, 6.45) is 2.95. The second-order valence-corrected chi connectivity index (χ2v) is 7.98. The van der Waals surface area contributed by atoms with Crippen molar-refractivity contribution >= 4 is 16.9 Å². The van der Waals surface area contributed by atoms with Gasteiger partial charge in [-0.25, -0.2) is 4.79 Å². The van der Waals surface area contributed by atoms with E-state index in [9.17, 15) is 4.79 Å². The molecule has 1 aromatic heterocycles. The van der Waals surface area contributed by atoms with Crippen LogP contribution in [0.5, 0.6) is 0 Å². The Labute approximate surface area is 162 Å². The fraction of sp³-hybridized carbons (Fsp3) is 0.571. The molecule has 1 saturated heterocycles. The lowest BCUT2D eigenvalue weighted by Gasteiger charge is -2.32. The largest absolute Gasteiger partial charge is 0.336 e. The summed E-state index contributed by atoms with van der Waals surface area (Å²) >= 11 is 0. The van der Waals surface area contributed by atoms with E-state index in [1.807, 2.05) is 6.20 Å². The molecule has 1 N–H and O–H groups in total. The molecule has 1 aliphatic heterocycles. The van der Waals surface area contributed by atoms with Crippen LogP contribution in [0.3, 0.4) is 0 Å². The number of carbonyl (C=O) groups excluding carboxylic acids is 1. The first-order valence-corrected chi connectivity index (χ1v) is 9.88. The second kappa shape index (κ2) is 8.87. The molecule has 0 bridgehead atoms. The predicted octanol–water partition coefficient (Wildman–Crippen LogP) is 1.86. The van der Waals surface area contributed by atoms with Gasteiger partial charge in [0.15, 0.2) is 0 Å². The Bertz CT molecular complexity index is 774. The van der Waals surface area contributed by atoms with Gasteiger partial charge in [0.2, 0.25) is 0 Å². The smallest absolute Gasteiger partial charge is 0.326 e. The molecule has 0 aliphatic carbocycles. The maximum atomic E-state index is 12.8. The number of amides is 1. The standard InChI is InChI=1S/C21H33N5O/c1-17-5-6-20-19(15-17)18(7-9-23(2)3)16-26(20)21(27)22-8-10-25-13-11-24(4)12-14-25/h5-6,15-16H,7-14H2,1-4H3,(H,22,27). The van der Waals surface area contributed by atoms with Crippen molar-refractivity contribution in [3.05, 3.63) is 35.5 Å². The molecule has 2 heterocycles. The molecule has 3 rings (SSSR count). The number of carbonyl (C=O) groups is 1. The Morgan fingerprint density at radius 1 is 1.19 bits per heavy atom. The fourth-order valence-corrected chi connectivity index (χ4v) is 3.60. The van der Waals surface area contributed by atoms with Gasteiger partial charge in [0, 0.05) is 57.4 Å². The van der Waals surface area contributed by atoms with E-state index in [-0.39, 0.29) is 6.03 Å². The van der Waals surface area contributed by atoms with Gasteiger partial charge in [-0.3, -0.25) is 9.47 Å². The summed E-state index contributed by atoms with van der Waals surface area (Å²) in [5, 5.41) is 4.29. The summed E-state index contributed by atoms with van der Waals surface area (Å²) < 4.78 is 1.78. The third-order valence-corrected chi connectivity index (χ3v) is 5.39. The third-order valence-electron chi connectivity index (χ3n) is 5.39. The highest BCUT2D eigenvalue weighted by Gasteiger charge is 2.16. The molecule has 1 amide bonds. The van der Waals surface area contributed by atoms with Crippen LogP contribution >= 0.6 is 0 Å². The molecule has 2 aromatic rings. The predicted molar refractivity (Wildman–Crippen MR) is 112 cm³/mol. The number of aromatic nitrogens is 1. The van der Waals surface area contributed by atoms with E-state index in [0.29, 0.717) is 6.54 Å². The van der Waals surface area contributed by atoms with E-state index in [2.05, 4.69) is 66.3 Å². The lowest BCUT2D eigenvalue weighted by atomic mass is 10.1. The molecular weight excluding hydrogens is 338 g/mol. The average Bonchev–Trinajstić information content (AvgIpc) is 2.99. The van der Waals surface area contributed by atoms with Crippen LogP contribution in [0, 0.1) is 6.92 Å². The van der Waals surface area contributed by atoms with Crippen LogP contribution in [0.25, 0.3) is 10.9 Å². The van der Waals surface area contributed by atoms with E-state index in [1.54, 1.807) is 4.57 Å². The van der Waals surface area contributed by atoms with Crippen LogP contribution in [0.1, 0.15) is 11.1 Å². The molecule has 6 heteroatoms. The number of hydrogen-bond donors (Lipinski definition) is 1. The quantitative estimate of drug-likeness (QED) is 0.842. The van der Waals surface area contributed by atoms with Gasteiger partial charge in [0.25, 0.3) is 0 Å². The third kappa shape index (κ3) is 5.09. The number of hydrogen-bond acceptors (Lipinski definition) is 4. The molecule has 1 aliphatic rings. The van der Waals surface area contributed by atoms with E-state index in [1.165, 1.54) is 16.5 Å². The van der Waals surface area contributed by atoms with Crippen molar-refractivity contribution in [3.8, 4) is 0 Å². The number of likely N-dealkylation sites (N-methyl/N-ethyl adjacent to an activating group) is 2. The zero-order valence-corrected chi connectivity index (χ0v) is 17.2. The molecular formula is C21H33N5O. The van der Waals surface area contributed by atoms with Crippen molar-refractivity contribution in [2.24, 2.45) is 0 Å². The molecule has 6 nitrogen and oxygen atoms in total. The lowest BCUT2D eigenvalue weighted by molar-refractivity contribution is 0.155. The first kappa shape index (κ1) is 19.9. The molecule has 148 valence electrons. The fourth-order valence-electron chi connectivity index (χ4n) is 3.60. The van der Waals surface area contributed by atoms with E-state index in [0.717, 1.165) is 51.2 Å². The van der Waals surface area contributed by atoms with Crippen LogP contribution in [0.15, 0.2) is 24.4 Å². The molecule has 0 atom stereocenters. The Morgan fingerprint density at radius 3 is 2.63 bits per heavy atom. The zero-order valence-electron chi connectivity index (χ0n) is 17.2. The van der Waals surface area contributed by atoms with Crippen molar-refractivity contribution in [1.29, 1.82) is 0 Å². The summed E-state index contributed by atoms with van der Waals surface area (Å²) in [5.41, 5.74) is 3.45. The van der Waals surface area contributed by atoms with E-state index < -0.39 is 0 Å². The number of piperazine rings is 1.